The van der Waals surface area contributed by atoms with E-state index >= 15 is 0 Å². The second-order valence-corrected chi connectivity index (χ2v) is 11.0. The molecule has 0 fully saturated rings. The minimum atomic E-state index is -1.21. The minimum Gasteiger partial charge on any atom is -0.292 e. The fourth-order valence-corrected chi connectivity index (χ4v) is 6.36. The molecule has 0 aliphatic carbocycles. The van der Waals surface area contributed by atoms with Gasteiger partial charge in [-0.15, -0.1) is 0 Å². The van der Waals surface area contributed by atoms with Crippen LogP contribution in [0.1, 0.15) is 48.4 Å². The standard InChI is InChI=1S/C24H13Br4ClN2O4/c1-11(21(32)12-7-3-2-4-8-12)30(22(33)13-9-5-6-10-14(13)29)31-23(34)15-16(24(31)35)18(26)20(28)19(27)17(15)25/h2-11H,1H3/t11-/m1/s1. The number of hydrazine groups is 1. The number of carbonyl (C=O) groups is 4. The lowest BCUT2D eigenvalue weighted by molar-refractivity contribution is -0.00684. The number of benzene rings is 3. The number of halogens is 5. The summed E-state index contributed by atoms with van der Waals surface area (Å²) in [6, 6.07) is 13.3. The van der Waals surface area contributed by atoms with Crippen LogP contribution in [0.15, 0.2) is 72.5 Å². The number of hydrogen-bond acceptors (Lipinski definition) is 4. The van der Waals surface area contributed by atoms with Gasteiger partial charge in [0.2, 0.25) is 0 Å². The van der Waals surface area contributed by atoms with Gasteiger partial charge in [0, 0.05) is 23.5 Å². The summed E-state index contributed by atoms with van der Waals surface area (Å²) >= 11 is 19.8. The molecule has 0 N–H and O–H groups in total. The Labute approximate surface area is 239 Å². The van der Waals surface area contributed by atoms with Gasteiger partial charge in [-0.05, 0) is 82.8 Å². The summed E-state index contributed by atoms with van der Waals surface area (Å²) in [6.07, 6.45) is 0. The second-order valence-electron chi connectivity index (χ2n) is 7.46. The first-order chi connectivity index (χ1) is 16.6. The Bertz CT molecular complexity index is 1370. The van der Waals surface area contributed by atoms with E-state index in [0.717, 1.165) is 5.01 Å². The molecule has 0 spiro atoms. The number of carbonyl (C=O) groups excluding carboxylic acids is 4. The van der Waals surface area contributed by atoms with Crippen LogP contribution in [0.2, 0.25) is 5.02 Å². The molecule has 6 nitrogen and oxygen atoms in total. The highest BCUT2D eigenvalue weighted by atomic mass is 79.9. The first-order valence-electron chi connectivity index (χ1n) is 9.99. The van der Waals surface area contributed by atoms with E-state index in [9.17, 15) is 19.2 Å². The van der Waals surface area contributed by atoms with Gasteiger partial charge in [-0.25, -0.2) is 5.01 Å². The van der Waals surface area contributed by atoms with Crippen LogP contribution in [0, 0.1) is 0 Å². The smallest absolute Gasteiger partial charge is 0.282 e. The van der Waals surface area contributed by atoms with Crippen molar-refractivity contribution in [2.75, 3.05) is 0 Å². The van der Waals surface area contributed by atoms with Gasteiger partial charge in [0.1, 0.15) is 6.04 Å². The Balaban J connectivity index is 1.89. The maximum absolute atomic E-state index is 13.8. The Morgan fingerprint density at radius 2 is 1.29 bits per heavy atom. The van der Waals surface area contributed by atoms with Crippen LogP contribution >= 0.6 is 75.3 Å². The molecule has 3 amide bonds. The van der Waals surface area contributed by atoms with Crippen molar-refractivity contribution < 1.29 is 19.2 Å². The molecule has 3 aromatic carbocycles. The highest BCUT2D eigenvalue weighted by Gasteiger charge is 2.48. The third kappa shape index (κ3) is 4.44. The maximum Gasteiger partial charge on any atom is 0.282 e. The van der Waals surface area contributed by atoms with Crippen molar-refractivity contribution in [3.63, 3.8) is 0 Å². The van der Waals surface area contributed by atoms with Crippen molar-refractivity contribution in [3.05, 3.63) is 99.8 Å². The number of fused-ring (bicyclic) bond motifs is 1. The number of hydrogen-bond donors (Lipinski definition) is 0. The van der Waals surface area contributed by atoms with Crippen LogP contribution in [-0.2, 0) is 0 Å². The third-order valence-corrected chi connectivity index (χ3v) is 10.5. The SMILES string of the molecule is C[C@H](C(=O)c1ccccc1)N(C(=O)c1ccccc1Cl)N1C(=O)c2c(Br)c(Br)c(Br)c(Br)c2C1=O. The topological polar surface area (TPSA) is 74.8 Å². The summed E-state index contributed by atoms with van der Waals surface area (Å²) in [7, 11) is 0. The molecule has 1 atom stereocenters. The van der Waals surface area contributed by atoms with Gasteiger partial charge >= 0.3 is 0 Å². The van der Waals surface area contributed by atoms with Crippen molar-refractivity contribution in [1.82, 2.24) is 10.0 Å². The van der Waals surface area contributed by atoms with Gasteiger partial charge in [-0.1, -0.05) is 54.1 Å². The monoisotopic (exact) mass is 744 g/mol. The second kappa shape index (κ2) is 10.3. The Hall–Kier alpha value is -1.85. The predicted molar refractivity (Wildman–Crippen MR) is 146 cm³/mol. The van der Waals surface area contributed by atoms with Gasteiger partial charge in [-0.3, -0.25) is 19.2 Å². The van der Waals surface area contributed by atoms with Crippen LogP contribution in [-0.4, -0.2) is 39.6 Å². The highest BCUT2D eigenvalue weighted by Crippen LogP contribution is 2.46. The van der Waals surface area contributed by atoms with Gasteiger partial charge in [0.05, 0.1) is 21.7 Å². The van der Waals surface area contributed by atoms with Crippen LogP contribution in [0.25, 0.3) is 0 Å². The van der Waals surface area contributed by atoms with E-state index in [4.69, 9.17) is 11.6 Å². The summed E-state index contributed by atoms with van der Waals surface area (Å²) in [4.78, 5) is 54.5. The zero-order chi connectivity index (χ0) is 25.6. The van der Waals surface area contributed by atoms with Crippen molar-refractivity contribution in [2.45, 2.75) is 13.0 Å². The van der Waals surface area contributed by atoms with Gasteiger partial charge in [-0.2, -0.15) is 5.01 Å². The van der Waals surface area contributed by atoms with Crippen molar-refractivity contribution in [1.29, 1.82) is 0 Å². The van der Waals surface area contributed by atoms with E-state index in [1.165, 1.54) is 19.1 Å². The number of imide groups is 1. The molecule has 35 heavy (non-hydrogen) atoms. The number of ketones is 1. The van der Waals surface area contributed by atoms with E-state index in [2.05, 4.69) is 63.7 Å². The summed E-state index contributed by atoms with van der Waals surface area (Å²) in [5.41, 5.74) is 0.460. The molecular formula is C24H13Br4ClN2O4. The number of rotatable bonds is 5. The lowest BCUT2D eigenvalue weighted by Crippen LogP contribution is -2.56. The van der Waals surface area contributed by atoms with Gasteiger partial charge in [0.15, 0.2) is 5.78 Å². The first-order valence-corrected chi connectivity index (χ1v) is 13.5. The molecule has 1 aliphatic heterocycles. The molecule has 4 rings (SSSR count). The third-order valence-electron chi connectivity index (χ3n) is 5.41. The van der Waals surface area contributed by atoms with Crippen LogP contribution in [0.5, 0.6) is 0 Å². The van der Waals surface area contributed by atoms with E-state index in [1.54, 1.807) is 42.5 Å². The molecule has 0 saturated carbocycles. The van der Waals surface area contributed by atoms with Crippen molar-refractivity contribution in [2.24, 2.45) is 0 Å². The highest BCUT2D eigenvalue weighted by molar-refractivity contribution is 9.15. The van der Waals surface area contributed by atoms with E-state index in [1.807, 2.05) is 0 Å². The van der Waals surface area contributed by atoms with Crippen LogP contribution in [0.4, 0.5) is 0 Å². The minimum absolute atomic E-state index is 0.0407. The Morgan fingerprint density at radius 1 is 0.800 bits per heavy atom. The van der Waals surface area contributed by atoms with Crippen LogP contribution in [0.3, 0.4) is 0 Å². The average molecular weight is 748 g/mol. The number of amides is 3. The van der Waals surface area contributed by atoms with Crippen molar-refractivity contribution in [3.8, 4) is 0 Å². The molecule has 3 aromatic rings. The Kier molecular flexibility index (Phi) is 7.68. The zero-order valence-corrected chi connectivity index (χ0v) is 24.8. The predicted octanol–water partition coefficient (Wildman–Crippen LogP) is 7.31. The zero-order valence-electron chi connectivity index (χ0n) is 17.7. The average Bonchev–Trinajstić information content (AvgIpc) is 3.12. The van der Waals surface area contributed by atoms with Crippen LogP contribution < -0.4 is 0 Å². The molecular weight excluding hydrogens is 735 g/mol. The molecule has 0 aromatic heterocycles. The van der Waals surface area contributed by atoms with E-state index in [0.29, 0.717) is 28.5 Å². The number of Topliss-reactive ketones (excluding diaryl/α,β-unsaturated/α-hetero) is 1. The molecule has 11 heteroatoms. The first kappa shape index (κ1) is 26.2. The quantitative estimate of drug-likeness (QED) is 0.119. The lowest BCUT2D eigenvalue weighted by Gasteiger charge is -2.34. The molecule has 0 bridgehead atoms. The summed E-state index contributed by atoms with van der Waals surface area (Å²) < 4.78 is 1.67. The van der Waals surface area contributed by atoms with E-state index in [-0.39, 0.29) is 21.7 Å². The summed E-state index contributed by atoms with van der Waals surface area (Å²) in [6.45, 7) is 1.46. The molecule has 1 heterocycles. The fraction of sp³-hybridized carbons (Fsp3) is 0.0833. The van der Waals surface area contributed by atoms with Gasteiger partial charge < -0.3 is 0 Å². The summed E-state index contributed by atoms with van der Waals surface area (Å²) in [5, 5.41) is 1.70. The number of nitrogens with zero attached hydrogens (tertiary/aromatic N) is 2. The molecule has 0 saturated heterocycles. The molecule has 0 radical (unpaired) electrons. The normalized spacial score (nSPS) is 13.6. The van der Waals surface area contributed by atoms with Crippen molar-refractivity contribution >= 4 is 98.8 Å². The molecule has 0 unspecified atom stereocenters. The summed E-state index contributed by atoms with van der Waals surface area (Å²) in [5.74, 6) is -2.76. The van der Waals surface area contributed by atoms with E-state index < -0.39 is 29.5 Å². The lowest BCUT2D eigenvalue weighted by atomic mass is 10.0. The molecule has 178 valence electrons. The Morgan fingerprint density at radius 3 is 1.80 bits per heavy atom. The maximum atomic E-state index is 13.8. The fourth-order valence-electron chi connectivity index (χ4n) is 3.69. The largest absolute Gasteiger partial charge is 0.292 e. The van der Waals surface area contributed by atoms with Gasteiger partial charge in [0.25, 0.3) is 17.7 Å². The molecule has 1 aliphatic rings.